The molecule has 0 radical (unpaired) electrons. The summed E-state index contributed by atoms with van der Waals surface area (Å²) < 4.78 is 20.6. The molecule has 0 aromatic heterocycles. The first kappa shape index (κ1) is 28.6. The molecule has 0 rings (SSSR count). The van der Waals surface area contributed by atoms with Crippen molar-refractivity contribution in [3.8, 4) is 0 Å². The number of carbonyl (C=O) groups is 5. The summed E-state index contributed by atoms with van der Waals surface area (Å²) in [6.45, 7) is 8.55. The highest BCUT2D eigenvalue weighted by atomic mass is 28.4. The van der Waals surface area contributed by atoms with Gasteiger partial charge in [-0.05, 0) is 33.1 Å². The minimum Gasteiger partial charge on any atom is -0.465 e. The summed E-state index contributed by atoms with van der Waals surface area (Å²) in [6, 6.07) is -0.0872. The van der Waals surface area contributed by atoms with E-state index in [-0.39, 0.29) is 30.9 Å². The molecular formula is C20H35NO9Si. The van der Waals surface area contributed by atoms with Gasteiger partial charge in [-0.2, -0.15) is 0 Å². The molecular weight excluding hydrogens is 426 g/mol. The summed E-state index contributed by atoms with van der Waals surface area (Å²) in [7, 11) is -0.615. The Morgan fingerprint density at radius 3 is 1.71 bits per heavy atom. The van der Waals surface area contributed by atoms with Gasteiger partial charge in [0.05, 0.1) is 18.1 Å². The Kier molecular flexibility index (Phi) is 11.5. The first-order chi connectivity index (χ1) is 14.2. The van der Waals surface area contributed by atoms with Crippen LogP contribution < -0.4 is 0 Å². The number of esters is 1. The molecule has 10 nitrogen and oxygen atoms in total. The van der Waals surface area contributed by atoms with Gasteiger partial charge in [0.25, 0.3) is 17.9 Å². The molecule has 0 saturated carbocycles. The van der Waals surface area contributed by atoms with E-state index in [0.29, 0.717) is 12.8 Å². The van der Waals surface area contributed by atoms with Crippen LogP contribution >= 0.6 is 0 Å². The zero-order valence-corrected chi connectivity index (χ0v) is 20.7. The van der Waals surface area contributed by atoms with Gasteiger partial charge < -0.3 is 22.9 Å². The third-order valence-electron chi connectivity index (χ3n) is 4.35. The lowest BCUT2D eigenvalue weighted by molar-refractivity contribution is -0.156. The van der Waals surface area contributed by atoms with Gasteiger partial charge in [0.2, 0.25) is 5.91 Å². The Bertz CT molecular complexity index is 635. The molecule has 178 valence electrons. The Labute approximate surface area is 184 Å². The average Bonchev–Trinajstić information content (AvgIpc) is 2.60. The summed E-state index contributed by atoms with van der Waals surface area (Å²) >= 11 is 0. The maximum Gasteiger partial charge on any atom is 0.705 e. The fraction of sp³-hybridized carbons (Fsp3) is 0.750. The molecule has 0 N–H and O–H groups in total. The van der Waals surface area contributed by atoms with E-state index in [4.69, 9.17) is 18.0 Å². The Hall–Kier alpha value is -2.43. The molecule has 0 spiro atoms. The fourth-order valence-electron chi connectivity index (χ4n) is 2.99. The first-order valence-corrected chi connectivity index (χ1v) is 12.1. The topological polar surface area (TPSA) is 126 Å². The molecule has 0 aliphatic heterocycles. The highest BCUT2D eigenvalue weighted by Gasteiger charge is 2.51. The molecule has 1 amide bonds. The standard InChI is InChI=1S/C20H35NO9Si/c1-9-17(18(25)21(7)8)13-20(5,6)19(26)27-11-10-12-31(28-14(2)22,29-15(3)23)30-16(4)24/h17H,9-13H2,1-8H3. The Morgan fingerprint density at radius 1 is 0.903 bits per heavy atom. The van der Waals surface area contributed by atoms with E-state index in [0.717, 1.165) is 20.8 Å². The predicted molar refractivity (Wildman–Crippen MR) is 112 cm³/mol. The molecule has 11 heteroatoms. The normalized spacial score (nSPS) is 12.4. The number of amides is 1. The molecule has 31 heavy (non-hydrogen) atoms. The third kappa shape index (κ3) is 10.4. The lowest BCUT2D eigenvalue weighted by Crippen LogP contribution is -2.49. The fourth-order valence-corrected chi connectivity index (χ4v) is 5.31. The highest BCUT2D eigenvalue weighted by Crippen LogP contribution is 2.30. The van der Waals surface area contributed by atoms with Crippen molar-refractivity contribution in [3.05, 3.63) is 0 Å². The second-order valence-corrected chi connectivity index (χ2v) is 10.6. The zero-order valence-electron chi connectivity index (χ0n) is 19.7. The van der Waals surface area contributed by atoms with Gasteiger partial charge in [-0.1, -0.05) is 6.92 Å². The van der Waals surface area contributed by atoms with E-state index in [2.05, 4.69) is 0 Å². The van der Waals surface area contributed by atoms with Crippen LogP contribution in [-0.2, 0) is 42.0 Å². The minimum atomic E-state index is -3.95. The molecule has 0 aliphatic rings. The van der Waals surface area contributed by atoms with E-state index in [1.807, 2.05) is 6.92 Å². The van der Waals surface area contributed by atoms with Gasteiger partial charge in [0.1, 0.15) is 0 Å². The SMILES string of the molecule is CCC(CC(C)(C)C(=O)OCCC[Si](OC(C)=O)(OC(C)=O)OC(C)=O)C(=O)N(C)C. The molecule has 1 atom stereocenters. The first-order valence-electron chi connectivity index (χ1n) is 10.1. The summed E-state index contributed by atoms with van der Waals surface area (Å²) in [6.07, 6.45) is 1.05. The quantitative estimate of drug-likeness (QED) is 0.244. The van der Waals surface area contributed by atoms with E-state index >= 15 is 0 Å². The van der Waals surface area contributed by atoms with Crippen LogP contribution in [0.2, 0.25) is 6.04 Å². The van der Waals surface area contributed by atoms with Gasteiger partial charge in [-0.15, -0.1) is 0 Å². The van der Waals surface area contributed by atoms with Crippen LogP contribution in [0.25, 0.3) is 0 Å². The van der Waals surface area contributed by atoms with Gasteiger partial charge in [-0.3, -0.25) is 24.0 Å². The summed E-state index contributed by atoms with van der Waals surface area (Å²) in [5.74, 6) is -3.13. The Morgan fingerprint density at radius 2 is 1.35 bits per heavy atom. The lowest BCUT2D eigenvalue weighted by atomic mass is 9.81. The van der Waals surface area contributed by atoms with Crippen LogP contribution in [0.5, 0.6) is 0 Å². The van der Waals surface area contributed by atoms with Crippen molar-refractivity contribution in [2.24, 2.45) is 11.3 Å². The molecule has 0 heterocycles. The van der Waals surface area contributed by atoms with Crippen LogP contribution in [0, 0.1) is 11.3 Å². The van der Waals surface area contributed by atoms with Crippen molar-refractivity contribution in [1.29, 1.82) is 0 Å². The largest absolute Gasteiger partial charge is 0.705 e. The van der Waals surface area contributed by atoms with Gasteiger partial charge in [-0.25, -0.2) is 0 Å². The van der Waals surface area contributed by atoms with Crippen molar-refractivity contribution in [2.75, 3.05) is 20.7 Å². The third-order valence-corrected chi connectivity index (χ3v) is 7.11. The molecule has 0 aliphatic carbocycles. The van der Waals surface area contributed by atoms with E-state index < -0.39 is 38.1 Å². The molecule has 0 aromatic carbocycles. The van der Waals surface area contributed by atoms with E-state index in [1.54, 1.807) is 27.9 Å². The lowest BCUT2D eigenvalue weighted by Gasteiger charge is -2.28. The smallest absolute Gasteiger partial charge is 0.465 e. The van der Waals surface area contributed by atoms with Gasteiger partial charge in [0, 0.05) is 40.8 Å². The van der Waals surface area contributed by atoms with Crippen molar-refractivity contribution in [2.45, 2.75) is 66.8 Å². The van der Waals surface area contributed by atoms with Crippen molar-refractivity contribution < 1.29 is 42.0 Å². The minimum absolute atomic E-state index is 0.0525. The maximum atomic E-state index is 12.6. The zero-order chi connectivity index (χ0) is 24.4. The van der Waals surface area contributed by atoms with Crippen LogP contribution in [0.3, 0.4) is 0 Å². The van der Waals surface area contributed by atoms with Gasteiger partial charge in [0.15, 0.2) is 0 Å². The average molecular weight is 462 g/mol. The number of nitrogens with zero attached hydrogens (tertiary/aromatic N) is 1. The van der Waals surface area contributed by atoms with Crippen LogP contribution in [0.1, 0.15) is 60.8 Å². The van der Waals surface area contributed by atoms with Crippen LogP contribution in [0.15, 0.2) is 0 Å². The summed E-state index contributed by atoms with van der Waals surface area (Å²) in [5.41, 5.74) is -0.900. The predicted octanol–water partition coefficient (Wildman–Crippen LogP) is 2.08. The van der Waals surface area contributed by atoms with E-state index in [9.17, 15) is 24.0 Å². The Balaban J connectivity index is 5.05. The second-order valence-electron chi connectivity index (χ2n) is 8.13. The van der Waals surface area contributed by atoms with Crippen molar-refractivity contribution in [3.63, 3.8) is 0 Å². The molecule has 0 fully saturated rings. The maximum absolute atomic E-state index is 12.6. The van der Waals surface area contributed by atoms with E-state index in [1.165, 1.54) is 4.90 Å². The van der Waals surface area contributed by atoms with Crippen molar-refractivity contribution >= 4 is 38.6 Å². The number of hydrogen-bond donors (Lipinski definition) is 0. The monoisotopic (exact) mass is 461 g/mol. The van der Waals surface area contributed by atoms with Crippen LogP contribution in [0.4, 0.5) is 0 Å². The molecule has 0 aromatic rings. The summed E-state index contributed by atoms with van der Waals surface area (Å²) in [4.78, 5) is 60.7. The number of rotatable bonds is 12. The number of ether oxygens (including phenoxy) is 1. The number of hydrogen-bond acceptors (Lipinski definition) is 9. The van der Waals surface area contributed by atoms with Crippen molar-refractivity contribution in [1.82, 2.24) is 4.90 Å². The van der Waals surface area contributed by atoms with Gasteiger partial charge >= 0.3 is 14.8 Å². The second kappa shape index (κ2) is 12.4. The molecule has 0 saturated heterocycles. The molecule has 0 bridgehead atoms. The number of carbonyl (C=O) groups excluding carboxylic acids is 5. The highest BCUT2D eigenvalue weighted by molar-refractivity contribution is 6.65. The molecule has 1 unspecified atom stereocenters. The summed E-state index contributed by atoms with van der Waals surface area (Å²) in [5, 5.41) is 0. The van der Waals surface area contributed by atoms with Crippen LogP contribution in [-0.4, -0.2) is 64.2 Å².